The standard InChI is InChI=1S/C27H30N10O5S/c1-17(2)31-16-36(28)24-22-21(20(42-3)15-30-24)19(14-29-22)23(38)25(39)34-10-12-35(13-11-34)27-32-26(43(4,40)41)33-37(27)18-8-6-5-7-9-18/h5-9,14-16,29H,1,10-13,28H2,2-4H3. The number of hydrogen-bond donors (Lipinski definition) is 2. The normalized spacial score (nSPS) is 14.0. The highest BCUT2D eigenvalue weighted by Gasteiger charge is 2.32. The van der Waals surface area contributed by atoms with Crippen molar-refractivity contribution >= 4 is 50.5 Å². The number of Topliss-reactive ketones (excluding diaryl/α,β-unsaturated/α-hetero) is 1. The second kappa shape index (κ2) is 11.7. The lowest BCUT2D eigenvalue weighted by Crippen LogP contribution is -2.51. The third-order valence-electron chi connectivity index (χ3n) is 6.71. The summed E-state index contributed by atoms with van der Waals surface area (Å²) in [6.07, 6.45) is 5.21. The molecule has 224 valence electrons. The van der Waals surface area contributed by atoms with Crippen LogP contribution >= 0.6 is 0 Å². The van der Waals surface area contributed by atoms with Gasteiger partial charge in [0, 0.05) is 44.3 Å². The molecule has 5 rings (SSSR count). The maximum Gasteiger partial charge on any atom is 0.295 e. The van der Waals surface area contributed by atoms with Crippen molar-refractivity contribution in [3.05, 3.63) is 60.6 Å². The number of para-hydroxylation sites is 1. The van der Waals surface area contributed by atoms with Gasteiger partial charge < -0.3 is 19.5 Å². The van der Waals surface area contributed by atoms with E-state index in [0.29, 0.717) is 41.3 Å². The Kier molecular flexibility index (Phi) is 7.97. The maximum atomic E-state index is 13.5. The molecule has 43 heavy (non-hydrogen) atoms. The number of benzene rings is 1. The van der Waals surface area contributed by atoms with E-state index in [9.17, 15) is 18.0 Å². The van der Waals surface area contributed by atoms with Crippen LogP contribution in [-0.4, -0.2) is 95.6 Å². The highest BCUT2D eigenvalue weighted by atomic mass is 32.2. The number of piperazine rings is 1. The molecule has 1 amide bonds. The number of amides is 1. The minimum absolute atomic E-state index is 0.106. The Labute approximate surface area is 247 Å². The number of aromatic nitrogens is 5. The molecule has 0 spiro atoms. The van der Waals surface area contributed by atoms with Crippen molar-refractivity contribution in [3.63, 3.8) is 0 Å². The number of sulfone groups is 1. The lowest BCUT2D eigenvalue weighted by Gasteiger charge is -2.34. The van der Waals surface area contributed by atoms with E-state index in [0.717, 1.165) is 6.26 Å². The Balaban J connectivity index is 1.38. The van der Waals surface area contributed by atoms with Crippen LogP contribution in [0.2, 0.25) is 0 Å². The molecule has 0 atom stereocenters. The van der Waals surface area contributed by atoms with Crippen molar-refractivity contribution < 1.29 is 22.7 Å². The predicted octanol–water partition coefficient (Wildman–Crippen LogP) is 1.33. The van der Waals surface area contributed by atoms with Crippen molar-refractivity contribution in [1.29, 1.82) is 0 Å². The van der Waals surface area contributed by atoms with Crippen molar-refractivity contribution in [1.82, 2.24) is 29.6 Å². The van der Waals surface area contributed by atoms with Gasteiger partial charge in [0.1, 0.15) is 12.1 Å². The Morgan fingerprint density at radius 1 is 1.19 bits per heavy atom. The summed E-state index contributed by atoms with van der Waals surface area (Å²) in [5.74, 6) is 5.55. The van der Waals surface area contributed by atoms with E-state index in [1.807, 2.05) is 23.1 Å². The number of ketones is 1. The fourth-order valence-electron chi connectivity index (χ4n) is 4.61. The summed E-state index contributed by atoms with van der Waals surface area (Å²) >= 11 is 0. The molecule has 15 nitrogen and oxygen atoms in total. The number of H-pyrrole nitrogens is 1. The summed E-state index contributed by atoms with van der Waals surface area (Å²) in [6.45, 7) is 6.39. The lowest BCUT2D eigenvalue weighted by molar-refractivity contribution is -0.126. The SMILES string of the molecule is C=C(C)N=CN(N)c1ncc(OC)c2c(C(=O)C(=O)N3CCN(c4nc(S(C)(=O)=O)nn4-c4ccccc4)CC3)c[nH]c12. The van der Waals surface area contributed by atoms with E-state index >= 15 is 0 Å². The minimum Gasteiger partial charge on any atom is -0.494 e. The zero-order valence-electron chi connectivity index (χ0n) is 23.8. The number of hydrogen-bond acceptors (Lipinski definition) is 11. The van der Waals surface area contributed by atoms with Crippen LogP contribution in [0.25, 0.3) is 16.6 Å². The maximum absolute atomic E-state index is 13.5. The summed E-state index contributed by atoms with van der Waals surface area (Å²) < 4.78 is 31.3. The van der Waals surface area contributed by atoms with Gasteiger partial charge in [-0.1, -0.05) is 24.8 Å². The first-order valence-corrected chi connectivity index (χ1v) is 15.0. The Morgan fingerprint density at radius 3 is 2.51 bits per heavy atom. The number of rotatable bonds is 9. The van der Waals surface area contributed by atoms with E-state index in [2.05, 4.69) is 31.6 Å². The molecule has 0 bridgehead atoms. The zero-order valence-corrected chi connectivity index (χ0v) is 24.6. The molecule has 1 fully saturated rings. The number of methoxy groups -OCH3 is 1. The third kappa shape index (κ3) is 5.82. The quantitative estimate of drug-likeness (QED) is 0.0699. The number of hydrazine groups is 1. The Bertz CT molecular complexity index is 1840. The number of pyridine rings is 1. The smallest absolute Gasteiger partial charge is 0.295 e. The van der Waals surface area contributed by atoms with Gasteiger partial charge in [-0.25, -0.2) is 29.2 Å². The molecular weight excluding hydrogens is 576 g/mol. The molecule has 0 radical (unpaired) electrons. The Hall–Kier alpha value is -5.09. The summed E-state index contributed by atoms with van der Waals surface area (Å²) in [6, 6.07) is 9.03. The summed E-state index contributed by atoms with van der Waals surface area (Å²) in [4.78, 5) is 45.9. The monoisotopic (exact) mass is 606 g/mol. The van der Waals surface area contributed by atoms with Gasteiger partial charge in [-0.05, 0) is 19.1 Å². The van der Waals surface area contributed by atoms with Crippen molar-refractivity contribution in [2.45, 2.75) is 12.1 Å². The first-order chi connectivity index (χ1) is 20.5. The molecule has 0 saturated carbocycles. The van der Waals surface area contributed by atoms with Crippen LogP contribution in [0.3, 0.4) is 0 Å². The topological polar surface area (TPSA) is 185 Å². The van der Waals surface area contributed by atoms with Gasteiger partial charge in [-0.3, -0.25) is 9.59 Å². The van der Waals surface area contributed by atoms with Gasteiger partial charge >= 0.3 is 0 Å². The van der Waals surface area contributed by atoms with Gasteiger partial charge in [0.15, 0.2) is 5.82 Å². The number of nitrogens with two attached hydrogens (primary N) is 1. The largest absolute Gasteiger partial charge is 0.494 e. The summed E-state index contributed by atoms with van der Waals surface area (Å²) in [5, 5.41) is 5.45. The highest BCUT2D eigenvalue weighted by molar-refractivity contribution is 7.90. The van der Waals surface area contributed by atoms with Gasteiger partial charge in [0.25, 0.3) is 16.8 Å². The number of carbonyl (C=O) groups excluding carboxylic acids is 2. The molecule has 0 aliphatic carbocycles. The van der Waals surface area contributed by atoms with Gasteiger partial charge in [0.2, 0.25) is 15.8 Å². The molecule has 1 aromatic carbocycles. The van der Waals surface area contributed by atoms with E-state index in [-0.39, 0.29) is 35.4 Å². The molecule has 1 aliphatic heterocycles. The number of aromatic amines is 1. The van der Waals surface area contributed by atoms with Gasteiger partial charge in [0.05, 0.1) is 35.5 Å². The molecule has 1 aliphatic rings. The first kappa shape index (κ1) is 29.4. The number of carbonyl (C=O) groups is 2. The van der Waals surface area contributed by atoms with Crippen LogP contribution in [0.5, 0.6) is 5.75 Å². The number of allylic oxidation sites excluding steroid dienone is 1. The molecule has 0 unspecified atom stereocenters. The number of fused-ring (bicyclic) bond motifs is 1. The average Bonchev–Trinajstić information content (AvgIpc) is 3.65. The van der Waals surface area contributed by atoms with Crippen LogP contribution in [0.15, 0.2) is 65.2 Å². The third-order valence-corrected chi connectivity index (χ3v) is 7.55. The van der Waals surface area contributed by atoms with E-state index in [4.69, 9.17) is 10.6 Å². The number of aliphatic imine (C=N–C) groups is 1. The number of anilines is 2. The van der Waals surface area contributed by atoms with Crippen molar-refractivity contribution in [2.24, 2.45) is 10.8 Å². The van der Waals surface area contributed by atoms with Crippen LogP contribution in [0, 0.1) is 0 Å². The molecule has 1 saturated heterocycles. The van der Waals surface area contributed by atoms with Crippen LogP contribution in [0.4, 0.5) is 11.8 Å². The van der Waals surface area contributed by atoms with E-state index in [1.54, 1.807) is 19.1 Å². The van der Waals surface area contributed by atoms with Gasteiger partial charge in [-0.2, -0.15) is 9.67 Å². The molecule has 16 heteroatoms. The van der Waals surface area contributed by atoms with E-state index in [1.165, 1.54) is 40.4 Å². The van der Waals surface area contributed by atoms with Gasteiger partial charge in [-0.15, -0.1) is 5.10 Å². The summed E-state index contributed by atoms with van der Waals surface area (Å²) in [7, 11) is -2.23. The van der Waals surface area contributed by atoms with E-state index < -0.39 is 21.5 Å². The zero-order chi connectivity index (χ0) is 30.9. The van der Waals surface area contributed by atoms with Crippen LogP contribution < -0.4 is 20.5 Å². The fraction of sp³-hybridized carbons (Fsp3) is 0.259. The second-order valence-electron chi connectivity index (χ2n) is 9.81. The van der Waals surface area contributed by atoms with Crippen molar-refractivity contribution in [2.75, 3.05) is 49.5 Å². The molecule has 3 N–H and O–H groups in total. The van der Waals surface area contributed by atoms with Crippen LogP contribution in [0.1, 0.15) is 17.3 Å². The molecule has 4 aromatic rings. The first-order valence-electron chi connectivity index (χ1n) is 13.1. The number of ether oxygens (including phenoxy) is 1. The number of nitrogens with zero attached hydrogens (tertiary/aromatic N) is 8. The average molecular weight is 607 g/mol. The molecule has 3 aromatic heterocycles. The van der Waals surface area contributed by atoms with Crippen molar-refractivity contribution in [3.8, 4) is 11.4 Å². The Morgan fingerprint density at radius 2 is 1.88 bits per heavy atom. The fourth-order valence-corrected chi connectivity index (χ4v) is 5.09. The summed E-state index contributed by atoms with van der Waals surface area (Å²) in [5.41, 5.74) is 1.66. The second-order valence-corrected chi connectivity index (χ2v) is 11.7. The molecule has 4 heterocycles. The lowest BCUT2D eigenvalue weighted by atomic mass is 10.1. The number of nitrogens with one attached hydrogen (secondary N) is 1. The predicted molar refractivity (Wildman–Crippen MR) is 160 cm³/mol. The minimum atomic E-state index is -3.67. The molecular formula is C27H30N10O5S. The highest BCUT2D eigenvalue weighted by Crippen LogP contribution is 2.33. The van der Waals surface area contributed by atoms with Crippen LogP contribution in [-0.2, 0) is 14.6 Å².